The van der Waals surface area contributed by atoms with Crippen LogP contribution in [0.15, 0.2) is 38.9 Å². The zero-order valence-electron chi connectivity index (χ0n) is 29.0. The summed E-state index contributed by atoms with van der Waals surface area (Å²) in [7, 11) is 0. The number of nitrogens with one attached hydrogen (secondary N) is 1. The quantitative estimate of drug-likeness (QED) is 0.0569. The number of β-lactam (4-membered cyclic amide) rings is 1. The number of aliphatic carboxylic acids is 2. The summed E-state index contributed by atoms with van der Waals surface area (Å²) in [5.74, 6) is -5.34. The van der Waals surface area contributed by atoms with Crippen LogP contribution in [-0.2, 0) is 30.6 Å². The van der Waals surface area contributed by atoms with Gasteiger partial charge in [0.15, 0.2) is 27.8 Å². The fraction of sp³-hybridized carbons (Fsp3) is 0.441. The third kappa shape index (κ3) is 6.62. The van der Waals surface area contributed by atoms with Gasteiger partial charge in [0.25, 0.3) is 11.8 Å². The van der Waals surface area contributed by atoms with E-state index in [1.165, 1.54) is 37.1 Å². The molecule has 7 rings (SSSR count). The number of nitrogens with zero attached hydrogens (tertiary/aromatic N) is 5. The number of quaternary nitrogens is 1. The van der Waals surface area contributed by atoms with Crippen molar-refractivity contribution in [3.05, 3.63) is 55.4 Å². The molecule has 2 amide bonds. The Morgan fingerprint density at radius 2 is 1.91 bits per heavy atom. The Balaban J connectivity index is 1.16. The number of thiazole rings is 1. The van der Waals surface area contributed by atoms with E-state index >= 15 is 0 Å². The highest BCUT2D eigenvalue weighted by atomic mass is 35.5. The Labute approximate surface area is 320 Å². The van der Waals surface area contributed by atoms with E-state index in [1.54, 1.807) is 6.20 Å². The van der Waals surface area contributed by atoms with Crippen LogP contribution in [0.4, 0.5) is 5.13 Å². The van der Waals surface area contributed by atoms with E-state index in [2.05, 4.69) is 15.5 Å². The molecule has 3 fully saturated rings. The number of anilines is 1. The van der Waals surface area contributed by atoms with Crippen LogP contribution in [0.2, 0.25) is 5.02 Å². The number of benzene rings is 1. The Hall–Kier alpha value is -4.85. The van der Waals surface area contributed by atoms with Crippen molar-refractivity contribution in [1.29, 1.82) is 0 Å². The van der Waals surface area contributed by atoms with Gasteiger partial charge in [0.05, 0.1) is 46.2 Å². The molecule has 286 valence electrons. The minimum Gasteiger partial charge on any atom is -0.543 e. The van der Waals surface area contributed by atoms with Gasteiger partial charge < -0.3 is 50.2 Å². The van der Waals surface area contributed by atoms with E-state index in [0.29, 0.717) is 34.2 Å². The van der Waals surface area contributed by atoms with Crippen molar-refractivity contribution < 1.29 is 48.9 Å². The number of carbonyl (C=O) groups excluding carboxylic acids is 3. The molecule has 3 aliphatic heterocycles. The summed E-state index contributed by atoms with van der Waals surface area (Å²) in [5, 5.41) is 49.7. The van der Waals surface area contributed by atoms with Crippen LogP contribution in [0.3, 0.4) is 0 Å². The molecule has 2 atom stereocenters. The number of amides is 2. The molecule has 1 aliphatic carbocycles. The molecular weight excluding hydrogens is 766 g/mol. The standard InChI is InChI=1S/C34H36ClN7O10S2/c1-34(2,32(50)51)52-39-23(18-14-54-33(36)37-18)28(46)38-24-29(47)41-25(31(48)49)16(13-53-30(24)41)12-42(7-3-4-8-42)11-15-10-40(17-5-6-17)19-9-20(43)27(45)22(35)21(19)26(15)44/h9-10,14,17,24,30H,3-8,11-13H2,1-2H3,(H6-,36,37,38,39,43,44,45,46,48,49,50,51)/t24-,30-/m1/s1. The van der Waals surface area contributed by atoms with E-state index in [0.717, 1.165) is 41.9 Å². The first kappa shape index (κ1) is 37.5. The minimum atomic E-state index is -1.81. The van der Waals surface area contributed by atoms with Gasteiger partial charge in [0, 0.05) is 47.9 Å². The van der Waals surface area contributed by atoms with Crippen LogP contribution < -0.4 is 21.6 Å². The molecule has 1 aromatic carbocycles. The van der Waals surface area contributed by atoms with Gasteiger partial charge in [-0.2, -0.15) is 0 Å². The lowest BCUT2D eigenvalue weighted by molar-refractivity contribution is -0.925. The smallest absolute Gasteiger partial charge is 0.350 e. The molecule has 0 radical (unpaired) electrons. The number of fused-ring (bicyclic) bond motifs is 2. The minimum absolute atomic E-state index is 0.0131. The average Bonchev–Trinajstić information content (AvgIpc) is 3.72. The summed E-state index contributed by atoms with van der Waals surface area (Å²) < 4.78 is 2.23. The zero-order valence-corrected chi connectivity index (χ0v) is 31.4. The molecule has 0 spiro atoms. The number of hydrogen-bond donors (Lipinski definition) is 5. The number of carbonyl (C=O) groups is 4. The molecule has 0 unspecified atom stereocenters. The number of aromatic hydroxyl groups is 2. The normalized spacial score (nSPS) is 21.2. The van der Waals surface area contributed by atoms with Crippen LogP contribution in [0.5, 0.6) is 11.5 Å². The van der Waals surface area contributed by atoms with Crippen molar-refractivity contribution in [2.75, 3.05) is 31.1 Å². The number of pyridine rings is 1. The first-order valence-electron chi connectivity index (χ1n) is 17.0. The maximum atomic E-state index is 14.0. The fourth-order valence-electron chi connectivity index (χ4n) is 7.20. The largest absolute Gasteiger partial charge is 0.543 e. The van der Waals surface area contributed by atoms with Gasteiger partial charge >= 0.3 is 5.97 Å². The van der Waals surface area contributed by atoms with Gasteiger partial charge in [-0.05, 0) is 26.7 Å². The summed E-state index contributed by atoms with van der Waals surface area (Å²) in [6.45, 7) is 4.16. The molecule has 0 bridgehead atoms. The Kier molecular flexibility index (Phi) is 9.56. The SMILES string of the molecule is CC(C)(ON=C(C(=O)N[C@@H]1C(=O)N2C(C(=O)[O-])=C(C[N+]3(Cc4cn(C5CC5)c5cc(O)c(O)c(Cl)c5c4=O)CCCC3)CS[C@H]12)c1csc(N)n1)C(=O)O. The number of likely N-dealkylation sites (tertiary alicyclic amines) is 1. The van der Waals surface area contributed by atoms with E-state index in [4.69, 9.17) is 22.2 Å². The van der Waals surface area contributed by atoms with Crippen LogP contribution in [-0.4, -0.2) is 106 Å². The average molecular weight is 802 g/mol. The molecule has 5 heterocycles. The summed E-state index contributed by atoms with van der Waals surface area (Å²) in [6.07, 6.45) is 5.15. The Morgan fingerprint density at radius 3 is 2.52 bits per heavy atom. The van der Waals surface area contributed by atoms with Crippen molar-refractivity contribution in [2.45, 2.75) is 69.1 Å². The topological polar surface area (TPSA) is 250 Å². The molecule has 6 N–H and O–H groups in total. The highest BCUT2D eigenvalue weighted by molar-refractivity contribution is 8.00. The molecule has 4 aliphatic rings. The van der Waals surface area contributed by atoms with Crippen molar-refractivity contribution in [1.82, 2.24) is 19.8 Å². The molecule has 17 nitrogen and oxygen atoms in total. The van der Waals surface area contributed by atoms with Gasteiger partial charge in [-0.25, -0.2) is 9.78 Å². The third-order valence-corrected chi connectivity index (χ3v) is 12.5. The molecule has 1 saturated carbocycles. The maximum Gasteiger partial charge on any atom is 0.350 e. The van der Waals surface area contributed by atoms with Crippen LogP contribution in [0.1, 0.15) is 56.8 Å². The first-order chi connectivity index (χ1) is 25.5. The number of phenols is 2. The number of thioether (sulfide) groups is 1. The van der Waals surface area contributed by atoms with E-state index in [1.807, 2.05) is 4.57 Å². The van der Waals surface area contributed by atoms with E-state index in [-0.39, 0.29) is 51.8 Å². The number of carboxylic acid groups (broad SMARTS) is 2. The van der Waals surface area contributed by atoms with Crippen LogP contribution in [0, 0.1) is 0 Å². The van der Waals surface area contributed by atoms with Crippen LogP contribution >= 0.6 is 34.7 Å². The Bertz CT molecular complexity index is 2240. The van der Waals surface area contributed by atoms with Gasteiger partial charge in [-0.3, -0.25) is 19.3 Å². The number of halogens is 1. The summed E-state index contributed by atoms with van der Waals surface area (Å²) in [4.78, 5) is 75.7. The lowest BCUT2D eigenvalue weighted by Crippen LogP contribution is -2.72. The van der Waals surface area contributed by atoms with Gasteiger partial charge in [-0.1, -0.05) is 16.8 Å². The second-order valence-electron chi connectivity index (χ2n) is 14.4. The summed E-state index contributed by atoms with van der Waals surface area (Å²) in [5.41, 5.74) is 4.11. The third-order valence-electron chi connectivity index (χ3n) is 10.2. The number of phenolic OH excluding ortho intramolecular Hbond substituents is 2. The predicted molar refractivity (Wildman–Crippen MR) is 196 cm³/mol. The van der Waals surface area contributed by atoms with Crippen molar-refractivity contribution in [3.63, 3.8) is 0 Å². The zero-order chi connectivity index (χ0) is 38.9. The fourth-order valence-corrected chi connectivity index (χ4v) is 9.37. The lowest BCUT2D eigenvalue weighted by atomic mass is 10.0. The number of carboxylic acids is 2. The molecule has 2 aromatic heterocycles. The molecule has 20 heteroatoms. The second kappa shape index (κ2) is 13.8. The first-order valence-corrected chi connectivity index (χ1v) is 19.4. The Morgan fingerprint density at radius 1 is 1.20 bits per heavy atom. The maximum absolute atomic E-state index is 14.0. The molecule has 3 aromatic rings. The van der Waals surface area contributed by atoms with Crippen LogP contribution in [0.25, 0.3) is 10.9 Å². The van der Waals surface area contributed by atoms with Crippen molar-refractivity contribution >= 4 is 80.2 Å². The van der Waals surface area contributed by atoms with Crippen molar-refractivity contribution in [3.8, 4) is 11.5 Å². The summed E-state index contributed by atoms with van der Waals surface area (Å²) >= 11 is 8.70. The predicted octanol–water partition coefficient (Wildman–Crippen LogP) is 1.24. The van der Waals surface area contributed by atoms with Gasteiger partial charge in [0.1, 0.15) is 30.2 Å². The molecular formula is C34H36ClN7O10S2. The number of nitrogens with two attached hydrogens (primary N) is 1. The second-order valence-corrected chi connectivity index (χ2v) is 16.8. The highest BCUT2D eigenvalue weighted by Crippen LogP contribution is 2.44. The monoisotopic (exact) mass is 801 g/mol. The number of aromatic nitrogens is 2. The lowest BCUT2D eigenvalue weighted by Gasteiger charge is -2.51. The molecule has 2 saturated heterocycles. The number of nitrogen functional groups attached to an aromatic ring is 1. The van der Waals surface area contributed by atoms with E-state index in [9.17, 15) is 44.4 Å². The number of rotatable bonds is 12. The van der Waals surface area contributed by atoms with Gasteiger partial charge in [-0.15, -0.1) is 23.1 Å². The highest BCUT2D eigenvalue weighted by Gasteiger charge is 2.54. The van der Waals surface area contributed by atoms with Crippen molar-refractivity contribution in [2.24, 2.45) is 5.16 Å². The number of hydrogen-bond acceptors (Lipinski definition) is 14. The molecule has 54 heavy (non-hydrogen) atoms. The van der Waals surface area contributed by atoms with E-state index < -0.39 is 63.4 Å². The number of oxime groups is 1. The summed E-state index contributed by atoms with van der Waals surface area (Å²) in [6, 6.07) is 0.263. The van der Waals surface area contributed by atoms with Gasteiger partial charge in [0.2, 0.25) is 5.60 Å².